The van der Waals surface area contributed by atoms with E-state index in [2.05, 4.69) is 57.7 Å². The maximum absolute atomic E-state index is 11.4. The van der Waals surface area contributed by atoms with Crippen molar-refractivity contribution < 1.29 is 9.53 Å². The molecule has 0 radical (unpaired) electrons. The minimum Gasteiger partial charge on any atom is -0.376 e. The molecule has 0 bridgehead atoms. The lowest BCUT2D eigenvalue weighted by molar-refractivity contribution is -0.114. The molecule has 3 rings (SSSR count). The van der Waals surface area contributed by atoms with Crippen LogP contribution in [0.4, 0.5) is 5.69 Å². The number of carbonyl (C=O) groups is 1. The molecule has 36 heavy (non-hydrogen) atoms. The summed E-state index contributed by atoms with van der Waals surface area (Å²) < 4.78 is 5.54. The van der Waals surface area contributed by atoms with Gasteiger partial charge in [0.05, 0.1) is 5.60 Å². The lowest BCUT2D eigenvalue weighted by Crippen LogP contribution is -2.29. The van der Waals surface area contributed by atoms with E-state index in [1.165, 1.54) is 24.9 Å². The second-order valence-electron chi connectivity index (χ2n) is 10.4. The maximum atomic E-state index is 11.4. The predicted octanol–water partition coefficient (Wildman–Crippen LogP) is 7.49. The summed E-state index contributed by atoms with van der Waals surface area (Å²) >= 11 is 0. The van der Waals surface area contributed by atoms with E-state index in [-0.39, 0.29) is 11.2 Å². The van der Waals surface area contributed by atoms with Crippen molar-refractivity contribution in [2.24, 2.45) is 11.7 Å². The van der Waals surface area contributed by atoms with Crippen LogP contribution in [-0.2, 0) is 9.53 Å². The molecule has 0 unspecified atom stereocenters. The number of amides is 1. The van der Waals surface area contributed by atoms with Gasteiger partial charge in [-0.25, -0.2) is 0 Å². The normalized spacial score (nSPS) is 14.2. The molecule has 0 atom stereocenters. The molecule has 0 spiro atoms. The number of carbonyl (C=O) groups excluding carboxylic acids is 1. The molecule has 2 aromatic carbocycles. The SMILES string of the molecule is C/C(=C(/C#N)C(N)=O)c1ccc2cc(N3CCCCC3)ccc2c1.CC.CC(C)CCOC(C)(C)C. The highest BCUT2D eigenvalue weighted by atomic mass is 16.5. The Balaban J connectivity index is 0.000000458. The number of piperidine rings is 1. The van der Waals surface area contributed by atoms with Gasteiger partial charge >= 0.3 is 0 Å². The van der Waals surface area contributed by atoms with Crippen LogP contribution in [0.2, 0.25) is 0 Å². The van der Waals surface area contributed by atoms with Gasteiger partial charge in [-0.1, -0.05) is 45.9 Å². The molecule has 5 heteroatoms. The summed E-state index contributed by atoms with van der Waals surface area (Å²) in [4.78, 5) is 13.8. The minimum atomic E-state index is -0.685. The van der Waals surface area contributed by atoms with E-state index in [1.807, 2.05) is 38.1 Å². The Morgan fingerprint density at radius 2 is 1.64 bits per heavy atom. The highest BCUT2D eigenvalue weighted by molar-refractivity contribution is 6.04. The second kappa shape index (κ2) is 15.3. The number of nitriles is 1. The number of allylic oxidation sites excluding steroid dienone is 1. The summed E-state index contributed by atoms with van der Waals surface area (Å²) in [5.41, 5.74) is 8.05. The Morgan fingerprint density at radius 3 is 2.17 bits per heavy atom. The van der Waals surface area contributed by atoms with Gasteiger partial charge in [0.2, 0.25) is 0 Å². The van der Waals surface area contributed by atoms with Crippen LogP contribution in [0.25, 0.3) is 16.3 Å². The summed E-state index contributed by atoms with van der Waals surface area (Å²) in [7, 11) is 0. The molecule has 1 heterocycles. The molecule has 0 aromatic heterocycles. The van der Waals surface area contributed by atoms with Crippen molar-refractivity contribution in [2.75, 3.05) is 24.6 Å². The van der Waals surface area contributed by atoms with Crippen LogP contribution in [0.3, 0.4) is 0 Å². The Morgan fingerprint density at radius 1 is 1.06 bits per heavy atom. The first-order valence-electron chi connectivity index (χ1n) is 13.4. The van der Waals surface area contributed by atoms with Crippen LogP contribution in [0.5, 0.6) is 0 Å². The predicted molar refractivity (Wildman–Crippen MR) is 154 cm³/mol. The van der Waals surface area contributed by atoms with Crippen molar-refractivity contribution in [3.05, 3.63) is 47.5 Å². The lowest BCUT2D eigenvalue weighted by Gasteiger charge is -2.29. The van der Waals surface area contributed by atoms with E-state index < -0.39 is 5.91 Å². The molecule has 2 aromatic rings. The van der Waals surface area contributed by atoms with Gasteiger partial charge in [-0.3, -0.25) is 4.79 Å². The number of hydrogen-bond donors (Lipinski definition) is 1. The Kier molecular flexibility index (Phi) is 13.3. The Labute approximate surface area is 219 Å². The zero-order chi connectivity index (χ0) is 27.3. The van der Waals surface area contributed by atoms with Crippen LogP contribution in [0.1, 0.15) is 86.6 Å². The van der Waals surface area contributed by atoms with Crippen molar-refractivity contribution in [1.82, 2.24) is 0 Å². The summed E-state index contributed by atoms with van der Waals surface area (Å²) in [6.45, 7) is 19.6. The number of fused-ring (bicyclic) bond motifs is 1. The minimum absolute atomic E-state index is 0.0132. The monoisotopic (exact) mass is 493 g/mol. The number of hydrogen-bond acceptors (Lipinski definition) is 4. The largest absolute Gasteiger partial charge is 0.376 e. The fourth-order valence-electron chi connectivity index (χ4n) is 3.88. The highest BCUT2D eigenvalue weighted by Crippen LogP contribution is 2.28. The number of primary amides is 1. The van der Waals surface area contributed by atoms with Crippen LogP contribution in [-0.4, -0.2) is 31.2 Å². The van der Waals surface area contributed by atoms with Crippen molar-refractivity contribution >= 4 is 27.9 Å². The number of benzene rings is 2. The number of nitrogens with zero attached hydrogens (tertiary/aromatic N) is 2. The van der Waals surface area contributed by atoms with E-state index in [1.54, 1.807) is 6.92 Å². The van der Waals surface area contributed by atoms with Gasteiger partial charge in [0.1, 0.15) is 11.6 Å². The second-order valence-corrected chi connectivity index (χ2v) is 10.4. The van der Waals surface area contributed by atoms with E-state index in [4.69, 9.17) is 15.7 Å². The summed E-state index contributed by atoms with van der Waals surface area (Å²) in [5, 5.41) is 11.4. The molecular weight excluding hydrogens is 446 g/mol. The van der Waals surface area contributed by atoms with Crippen molar-refractivity contribution in [2.45, 2.75) is 86.7 Å². The molecular formula is C31H47N3O2. The maximum Gasteiger partial charge on any atom is 0.259 e. The molecule has 1 amide bonds. The average Bonchev–Trinajstić information content (AvgIpc) is 2.84. The summed E-state index contributed by atoms with van der Waals surface area (Å²) in [6, 6.07) is 14.3. The zero-order valence-electron chi connectivity index (χ0n) is 23.8. The Bertz CT molecular complexity index is 1040. The molecule has 0 saturated carbocycles. The van der Waals surface area contributed by atoms with Crippen LogP contribution >= 0.6 is 0 Å². The molecule has 1 saturated heterocycles. The number of nitrogens with two attached hydrogens (primary N) is 1. The third-order valence-corrected chi connectivity index (χ3v) is 5.94. The van der Waals surface area contributed by atoms with Gasteiger partial charge < -0.3 is 15.4 Å². The van der Waals surface area contributed by atoms with Crippen LogP contribution < -0.4 is 10.6 Å². The first-order valence-corrected chi connectivity index (χ1v) is 13.4. The number of ether oxygens (including phenoxy) is 1. The standard InChI is InChI=1S/C20H21N3O.C9H20O.C2H6/c1-14(19(13-21)20(22)24)15-5-6-17-12-18(8-7-16(17)11-15)23-9-3-2-4-10-23;1-8(2)6-7-10-9(3,4)5;1-2/h5-8,11-12H,2-4,9-10H2,1H3,(H2,22,24);8H,6-7H2,1-5H3;1-2H3/b19-14+;;. The fourth-order valence-corrected chi connectivity index (χ4v) is 3.88. The zero-order valence-corrected chi connectivity index (χ0v) is 23.8. The third kappa shape index (κ3) is 10.4. The van der Waals surface area contributed by atoms with Gasteiger partial charge in [0.25, 0.3) is 5.91 Å². The third-order valence-electron chi connectivity index (χ3n) is 5.94. The molecule has 0 aliphatic carbocycles. The molecule has 1 aliphatic heterocycles. The number of rotatable bonds is 6. The highest BCUT2D eigenvalue weighted by Gasteiger charge is 2.13. The summed E-state index contributed by atoms with van der Waals surface area (Å²) in [6.07, 6.45) is 4.99. The number of anilines is 1. The molecule has 198 valence electrons. The quantitative estimate of drug-likeness (QED) is 0.334. The van der Waals surface area contributed by atoms with Gasteiger partial charge in [-0.05, 0) is 99.4 Å². The molecule has 1 aliphatic rings. The smallest absolute Gasteiger partial charge is 0.259 e. The van der Waals surface area contributed by atoms with Crippen LogP contribution in [0.15, 0.2) is 42.0 Å². The van der Waals surface area contributed by atoms with Crippen LogP contribution in [0, 0.1) is 17.2 Å². The van der Waals surface area contributed by atoms with Gasteiger partial charge in [-0.15, -0.1) is 0 Å². The van der Waals surface area contributed by atoms with Crippen molar-refractivity contribution in [3.63, 3.8) is 0 Å². The average molecular weight is 494 g/mol. The van der Waals surface area contributed by atoms with Gasteiger partial charge in [-0.2, -0.15) is 5.26 Å². The topological polar surface area (TPSA) is 79.3 Å². The lowest BCUT2D eigenvalue weighted by atomic mass is 9.98. The fraction of sp³-hybridized carbons (Fsp3) is 0.548. The molecule has 2 N–H and O–H groups in total. The summed E-state index contributed by atoms with van der Waals surface area (Å²) in [5.74, 6) is 0.0675. The first kappa shape index (κ1) is 31.2. The van der Waals surface area contributed by atoms with E-state index >= 15 is 0 Å². The van der Waals surface area contributed by atoms with Crippen molar-refractivity contribution in [3.8, 4) is 6.07 Å². The van der Waals surface area contributed by atoms with E-state index in [9.17, 15) is 4.79 Å². The molecule has 1 fully saturated rings. The Hall–Kier alpha value is -2.84. The van der Waals surface area contributed by atoms with Crippen molar-refractivity contribution in [1.29, 1.82) is 5.26 Å². The van der Waals surface area contributed by atoms with Gasteiger partial charge in [0, 0.05) is 25.4 Å². The van der Waals surface area contributed by atoms with E-state index in [0.29, 0.717) is 5.57 Å². The molecule has 5 nitrogen and oxygen atoms in total. The van der Waals surface area contributed by atoms with E-state index in [0.717, 1.165) is 48.4 Å². The van der Waals surface area contributed by atoms with Gasteiger partial charge in [0.15, 0.2) is 0 Å². The first-order chi connectivity index (χ1) is 17.0.